The fraction of sp³-hybridized carbons (Fsp3) is 0.0690. The summed E-state index contributed by atoms with van der Waals surface area (Å²) < 4.78 is 0. The van der Waals surface area contributed by atoms with Gasteiger partial charge < -0.3 is 5.11 Å². The van der Waals surface area contributed by atoms with Crippen LogP contribution < -0.4 is 0 Å². The summed E-state index contributed by atoms with van der Waals surface area (Å²) >= 11 is 0. The van der Waals surface area contributed by atoms with Crippen molar-refractivity contribution in [3.63, 3.8) is 0 Å². The monoisotopic (exact) mass is 681 g/mol. The van der Waals surface area contributed by atoms with Crippen molar-refractivity contribution in [3.8, 4) is 11.4 Å². The topological polar surface area (TPSA) is 98.7 Å². The summed E-state index contributed by atoms with van der Waals surface area (Å²) in [5.74, 6) is -0.0625. The van der Waals surface area contributed by atoms with E-state index in [1.54, 1.807) is 9.59 Å². The molecule has 0 amide bonds. The van der Waals surface area contributed by atoms with E-state index in [4.69, 9.17) is 5.11 Å². The van der Waals surface area contributed by atoms with Gasteiger partial charge in [0.05, 0.1) is 5.76 Å². The van der Waals surface area contributed by atoms with E-state index in [2.05, 4.69) is 32.5 Å². The fourth-order valence-electron chi connectivity index (χ4n) is 3.25. The van der Waals surface area contributed by atoms with E-state index in [0.717, 1.165) is 33.4 Å². The second kappa shape index (κ2) is 13.7. The Morgan fingerprint density at radius 3 is 1.24 bits per heavy atom. The Morgan fingerprint density at radius 1 is 0.658 bits per heavy atom. The molecule has 0 saturated carbocycles. The van der Waals surface area contributed by atoms with Crippen LogP contribution >= 0.6 is 0 Å². The van der Waals surface area contributed by atoms with E-state index in [1.807, 2.05) is 97.1 Å². The number of benzene rings is 4. The average Bonchev–Trinajstić information content (AvgIpc) is 3.54. The minimum absolute atomic E-state index is 0. The van der Waals surface area contributed by atoms with Gasteiger partial charge in [-0.15, -0.1) is 12.1 Å². The number of hydrogen-bond acceptors (Lipinski definition) is 6. The predicted molar refractivity (Wildman–Crippen MR) is 142 cm³/mol. The molecule has 0 aliphatic heterocycles. The van der Waals surface area contributed by atoms with Gasteiger partial charge in [-0.1, -0.05) is 24.3 Å². The first-order valence-electron chi connectivity index (χ1n) is 11.5. The Morgan fingerprint density at radius 2 is 1.00 bits per heavy atom. The first-order chi connectivity index (χ1) is 18.0. The van der Waals surface area contributed by atoms with Gasteiger partial charge in [-0.05, 0) is 49.5 Å². The van der Waals surface area contributed by atoms with E-state index in [9.17, 15) is 4.79 Å². The summed E-state index contributed by atoms with van der Waals surface area (Å²) in [4.78, 5) is 13.2. The van der Waals surface area contributed by atoms with Gasteiger partial charge >= 0.3 is 0 Å². The van der Waals surface area contributed by atoms with E-state index >= 15 is 0 Å². The molecule has 1 N–H and O–H groups in total. The van der Waals surface area contributed by atoms with Gasteiger partial charge in [0, 0.05) is 26.2 Å². The number of aliphatic hydroxyl groups is 1. The van der Waals surface area contributed by atoms with Crippen LogP contribution in [0.15, 0.2) is 109 Å². The van der Waals surface area contributed by atoms with E-state index in [1.165, 1.54) is 19.9 Å². The first-order valence-corrected chi connectivity index (χ1v) is 11.5. The molecular weight excluding hydrogens is 657 g/mol. The minimum atomic E-state index is -0.125. The van der Waals surface area contributed by atoms with Crippen LogP contribution in [0.4, 0.5) is 0 Å². The number of nitrogens with zero attached hydrogens (tertiary/aromatic N) is 6. The summed E-state index contributed by atoms with van der Waals surface area (Å²) in [5, 5.41) is 25.8. The zero-order valence-electron chi connectivity index (χ0n) is 20.7. The third kappa shape index (κ3) is 7.77. The Hall–Kier alpha value is -4.46. The van der Waals surface area contributed by atoms with Crippen molar-refractivity contribution in [1.82, 2.24) is 30.0 Å². The largest absolute Gasteiger partial charge is 0.512 e. The van der Waals surface area contributed by atoms with E-state index < -0.39 is 0 Å². The van der Waals surface area contributed by atoms with Gasteiger partial charge in [0.1, 0.15) is 22.1 Å². The van der Waals surface area contributed by atoms with Gasteiger partial charge in [0.2, 0.25) is 0 Å². The quantitative estimate of drug-likeness (QED) is 0.151. The molecule has 6 rings (SSSR count). The zero-order chi connectivity index (χ0) is 26.0. The van der Waals surface area contributed by atoms with Gasteiger partial charge in [-0.2, -0.15) is 78.5 Å². The molecule has 193 valence electrons. The summed E-state index contributed by atoms with van der Waals surface area (Å²) in [6.45, 7) is 2.85. The Bertz CT molecular complexity index is 1450. The average molecular weight is 681 g/mol. The van der Waals surface area contributed by atoms with Crippen LogP contribution in [0.3, 0.4) is 0 Å². The molecule has 4 aromatic carbocycles. The number of aliphatic hydroxyl groups excluding tert-OH is 1. The molecular formula is C29H24IrN6O2-2. The van der Waals surface area contributed by atoms with Crippen molar-refractivity contribution in [2.45, 2.75) is 13.8 Å². The molecule has 2 heterocycles. The first kappa shape index (κ1) is 28.1. The maximum Gasteiger partial charge on any atom is 0.155 e. The molecule has 0 saturated heterocycles. The van der Waals surface area contributed by atoms with Crippen molar-refractivity contribution >= 4 is 27.9 Å². The van der Waals surface area contributed by atoms with E-state index in [0.29, 0.717) is 0 Å². The molecule has 0 aliphatic rings. The summed E-state index contributed by atoms with van der Waals surface area (Å²) in [6, 6.07) is 37.1. The van der Waals surface area contributed by atoms with Crippen LogP contribution in [-0.2, 0) is 24.9 Å². The molecule has 38 heavy (non-hydrogen) atoms. The Labute approximate surface area is 233 Å². The van der Waals surface area contributed by atoms with Crippen molar-refractivity contribution in [1.29, 1.82) is 0 Å². The second-order valence-electron chi connectivity index (χ2n) is 7.85. The number of hydrogen-bond donors (Lipinski definition) is 1. The summed E-state index contributed by atoms with van der Waals surface area (Å²) in [5.41, 5.74) is 5.30. The molecule has 9 heteroatoms. The summed E-state index contributed by atoms with van der Waals surface area (Å²) in [7, 11) is 0. The normalized spacial score (nSPS) is 10.5. The fourth-order valence-corrected chi connectivity index (χ4v) is 3.25. The van der Waals surface area contributed by atoms with Crippen molar-refractivity contribution in [2.24, 2.45) is 0 Å². The number of carbonyl (C=O) groups excluding carboxylic acids is 1. The number of ketones is 1. The van der Waals surface area contributed by atoms with Gasteiger partial charge in [-0.3, -0.25) is 4.79 Å². The molecule has 1 radical (unpaired) electrons. The molecule has 0 aliphatic carbocycles. The third-order valence-corrected chi connectivity index (χ3v) is 4.80. The number of allylic oxidation sites excluding steroid dienone is 2. The number of fused-ring (bicyclic) bond motifs is 2. The van der Waals surface area contributed by atoms with Crippen LogP contribution in [0.5, 0.6) is 0 Å². The second-order valence-corrected chi connectivity index (χ2v) is 7.85. The zero-order valence-corrected chi connectivity index (χ0v) is 23.1. The maximum absolute atomic E-state index is 10.0. The number of aromatic nitrogens is 6. The van der Waals surface area contributed by atoms with Crippen LogP contribution in [0.25, 0.3) is 33.4 Å². The van der Waals surface area contributed by atoms with Crippen molar-refractivity contribution < 1.29 is 30.0 Å². The molecule has 6 aromatic rings. The molecule has 0 bridgehead atoms. The third-order valence-electron chi connectivity index (χ3n) is 4.80. The van der Waals surface area contributed by atoms with Gasteiger partial charge in [-0.25, -0.2) is 0 Å². The van der Waals surface area contributed by atoms with E-state index in [-0.39, 0.29) is 31.6 Å². The smallest absolute Gasteiger partial charge is 0.155 e. The van der Waals surface area contributed by atoms with Crippen LogP contribution in [0, 0.1) is 12.1 Å². The predicted octanol–water partition coefficient (Wildman–Crippen LogP) is 5.48. The number of carbonyl (C=O) groups is 1. The summed E-state index contributed by atoms with van der Waals surface area (Å²) in [6.07, 6.45) is 1.17. The maximum atomic E-state index is 10.0. The molecule has 0 atom stereocenters. The standard InChI is InChI=1S/2C12H8N3.C5H8O2.Ir/c2*1-2-6-10(7-3-1)15-13-11-8-4-5-9-12(11)14-15;1-4(6)3-5(2)7;/h2*1-6,8-9H;3,6H,1-2H3;/q2*-1;;. The molecule has 8 nitrogen and oxygen atoms in total. The van der Waals surface area contributed by atoms with Crippen LogP contribution in [0.2, 0.25) is 0 Å². The molecule has 0 spiro atoms. The van der Waals surface area contributed by atoms with Crippen molar-refractivity contribution in [3.05, 3.63) is 121 Å². The minimum Gasteiger partial charge on any atom is -0.512 e. The van der Waals surface area contributed by atoms with Crippen LogP contribution in [0.1, 0.15) is 13.8 Å². The van der Waals surface area contributed by atoms with Gasteiger partial charge in [0.25, 0.3) is 0 Å². The SMILES string of the molecule is CC(=O)C=C(C)O.[Ir].[c-]1ccccc1-n1nc2ccccc2n1.[c-]1ccccc1-n1nc2ccccc2n1. The number of para-hydroxylation sites is 2. The number of rotatable bonds is 3. The van der Waals surface area contributed by atoms with Crippen molar-refractivity contribution in [2.75, 3.05) is 0 Å². The van der Waals surface area contributed by atoms with Gasteiger partial charge in [0.15, 0.2) is 5.78 Å². The Balaban J connectivity index is 0.000000167. The molecule has 0 unspecified atom stereocenters. The molecule has 2 aromatic heterocycles. The van der Waals surface area contributed by atoms with Crippen LogP contribution in [-0.4, -0.2) is 40.9 Å². The Kier molecular flexibility index (Phi) is 10.2. The molecule has 0 fully saturated rings.